The Morgan fingerprint density at radius 1 is 1.07 bits per heavy atom. The minimum atomic E-state index is -4.65. The summed E-state index contributed by atoms with van der Waals surface area (Å²) < 4.78 is 66.8. The molecule has 0 aromatic heterocycles. The van der Waals surface area contributed by atoms with Crippen LogP contribution in [0.4, 0.5) is 18.9 Å². The van der Waals surface area contributed by atoms with Gasteiger partial charge in [0, 0.05) is 12.1 Å². The molecule has 0 atom stereocenters. The Hall–Kier alpha value is -2.59. The summed E-state index contributed by atoms with van der Waals surface area (Å²) in [5.74, 6) is 0.382. The predicted molar refractivity (Wildman–Crippen MR) is 97.6 cm³/mol. The number of para-hydroxylation sites is 1. The first-order valence-corrected chi connectivity index (χ1v) is 9.67. The largest absolute Gasteiger partial charge is 0.496 e. The number of carbonyl (C=O) groups excluding carboxylic acids is 1. The fourth-order valence-corrected chi connectivity index (χ4v) is 3.37. The lowest BCUT2D eigenvalue weighted by Crippen LogP contribution is -2.33. The van der Waals surface area contributed by atoms with Crippen LogP contribution in [0.15, 0.2) is 53.4 Å². The third-order valence-corrected chi connectivity index (χ3v) is 5.14. The van der Waals surface area contributed by atoms with Crippen LogP contribution in [0.5, 0.6) is 5.75 Å². The summed E-state index contributed by atoms with van der Waals surface area (Å²) in [6.45, 7) is -1.66. The zero-order valence-corrected chi connectivity index (χ0v) is 15.7. The number of anilines is 1. The first kappa shape index (κ1) is 21.7. The molecule has 0 fully saturated rings. The third-order valence-electron chi connectivity index (χ3n) is 3.72. The van der Waals surface area contributed by atoms with E-state index in [0.717, 1.165) is 17.7 Å². The van der Waals surface area contributed by atoms with E-state index in [2.05, 4.69) is 5.32 Å². The maximum absolute atomic E-state index is 12.2. The van der Waals surface area contributed by atoms with E-state index in [1.807, 2.05) is 18.2 Å². The van der Waals surface area contributed by atoms with Crippen molar-refractivity contribution >= 4 is 21.6 Å². The molecule has 0 aliphatic rings. The molecule has 28 heavy (non-hydrogen) atoms. The number of carbonyl (C=O) groups is 1. The summed E-state index contributed by atoms with van der Waals surface area (Å²) in [5.41, 5.74) is 1.21. The number of alkyl halides is 3. The second kappa shape index (κ2) is 9.07. The summed E-state index contributed by atoms with van der Waals surface area (Å²) in [6.07, 6.45) is -4.03. The summed E-state index contributed by atoms with van der Waals surface area (Å²) in [5, 5.41) is 2.61. The average molecular weight is 416 g/mol. The van der Waals surface area contributed by atoms with Crippen LogP contribution in [0.2, 0.25) is 0 Å². The summed E-state index contributed by atoms with van der Waals surface area (Å²) >= 11 is 0. The van der Waals surface area contributed by atoms with Gasteiger partial charge in [-0.25, -0.2) is 13.1 Å². The van der Waals surface area contributed by atoms with Gasteiger partial charge >= 0.3 is 6.18 Å². The molecule has 1 amide bonds. The zero-order chi connectivity index (χ0) is 20.8. The van der Waals surface area contributed by atoms with Crippen molar-refractivity contribution in [3.05, 3.63) is 54.1 Å². The van der Waals surface area contributed by atoms with Gasteiger partial charge in [-0.3, -0.25) is 4.79 Å². The standard InChI is InChI=1S/C18H19F3N2O4S/c1-27-16-5-3-2-4-13(16)6-11-17(24)23-14-7-9-15(10-8-14)28(25,26)22-12-18(19,20)21/h2-5,7-10,22H,6,11-12H2,1H3,(H,23,24). The Kier molecular flexibility index (Phi) is 7.03. The molecule has 0 saturated heterocycles. The molecule has 2 N–H and O–H groups in total. The predicted octanol–water partition coefficient (Wildman–Crippen LogP) is 3.11. The molecule has 0 aliphatic carbocycles. The van der Waals surface area contributed by atoms with Gasteiger partial charge in [0.25, 0.3) is 0 Å². The highest BCUT2D eigenvalue weighted by Gasteiger charge is 2.30. The van der Waals surface area contributed by atoms with Crippen LogP contribution in [-0.2, 0) is 21.2 Å². The molecule has 10 heteroatoms. The quantitative estimate of drug-likeness (QED) is 0.693. The molecule has 0 heterocycles. The Bertz CT molecular complexity index is 913. The number of hydrogen-bond acceptors (Lipinski definition) is 4. The number of ether oxygens (including phenoxy) is 1. The van der Waals surface area contributed by atoms with E-state index >= 15 is 0 Å². The van der Waals surface area contributed by atoms with Crippen LogP contribution in [0.1, 0.15) is 12.0 Å². The number of sulfonamides is 1. The SMILES string of the molecule is COc1ccccc1CCC(=O)Nc1ccc(S(=O)(=O)NCC(F)(F)F)cc1. The molecule has 0 aliphatic heterocycles. The lowest BCUT2D eigenvalue weighted by molar-refractivity contribution is -0.121. The van der Waals surface area contributed by atoms with Gasteiger partial charge in [0.15, 0.2) is 0 Å². The van der Waals surface area contributed by atoms with Crippen molar-refractivity contribution < 1.29 is 31.1 Å². The van der Waals surface area contributed by atoms with Gasteiger partial charge in [0.05, 0.1) is 12.0 Å². The lowest BCUT2D eigenvalue weighted by Gasteiger charge is -2.11. The molecule has 0 bridgehead atoms. The molecular formula is C18H19F3N2O4S. The number of amides is 1. The number of benzene rings is 2. The Balaban J connectivity index is 1.93. The van der Waals surface area contributed by atoms with E-state index in [-0.39, 0.29) is 17.2 Å². The van der Waals surface area contributed by atoms with Crippen molar-refractivity contribution in [2.24, 2.45) is 0 Å². The second-order valence-electron chi connectivity index (χ2n) is 5.82. The Morgan fingerprint density at radius 2 is 1.71 bits per heavy atom. The van der Waals surface area contributed by atoms with Crippen LogP contribution >= 0.6 is 0 Å². The number of hydrogen-bond donors (Lipinski definition) is 2. The van der Waals surface area contributed by atoms with Gasteiger partial charge in [-0.05, 0) is 42.3 Å². The average Bonchev–Trinajstić information content (AvgIpc) is 2.65. The van der Waals surface area contributed by atoms with E-state index < -0.39 is 22.7 Å². The number of rotatable bonds is 8. The molecule has 2 aromatic rings. The van der Waals surface area contributed by atoms with E-state index in [4.69, 9.17) is 4.74 Å². The summed E-state index contributed by atoms with van der Waals surface area (Å²) in [4.78, 5) is 11.7. The molecule has 0 radical (unpaired) electrons. The van der Waals surface area contributed by atoms with Crippen LogP contribution in [-0.4, -0.2) is 34.2 Å². The summed E-state index contributed by atoms with van der Waals surface area (Å²) in [6, 6.07) is 12.2. The van der Waals surface area contributed by atoms with Crippen LogP contribution in [0, 0.1) is 0 Å². The first-order valence-electron chi connectivity index (χ1n) is 8.19. The number of halogens is 3. The molecule has 6 nitrogen and oxygen atoms in total. The van der Waals surface area contributed by atoms with Gasteiger partial charge in [0.2, 0.25) is 15.9 Å². The molecule has 152 valence electrons. The maximum atomic E-state index is 12.2. The molecule has 2 aromatic carbocycles. The number of nitrogens with one attached hydrogen (secondary N) is 2. The van der Waals surface area contributed by atoms with Gasteiger partial charge in [-0.2, -0.15) is 13.2 Å². The van der Waals surface area contributed by atoms with Gasteiger partial charge in [-0.1, -0.05) is 18.2 Å². The monoisotopic (exact) mass is 416 g/mol. The van der Waals surface area contributed by atoms with E-state index in [0.29, 0.717) is 17.9 Å². The lowest BCUT2D eigenvalue weighted by atomic mass is 10.1. The van der Waals surface area contributed by atoms with Crippen LogP contribution in [0.3, 0.4) is 0 Å². The van der Waals surface area contributed by atoms with E-state index in [1.54, 1.807) is 6.07 Å². The minimum absolute atomic E-state index is 0.174. The normalized spacial score (nSPS) is 11.9. The van der Waals surface area contributed by atoms with E-state index in [1.165, 1.54) is 24.0 Å². The highest BCUT2D eigenvalue weighted by Crippen LogP contribution is 2.20. The third kappa shape index (κ3) is 6.54. The van der Waals surface area contributed by atoms with Crippen molar-refractivity contribution in [2.75, 3.05) is 19.0 Å². The highest BCUT2D eigenvalue weighted by atomic mass is 32.2. The summed E-state index contributed by atoms with van der Waals surface area (Å²) in [7, 11) is -2.75. The van der Waals surface area contributed by atoms with Crippen molar-refractivity contribution in [1.82, 2.24) is 4.72 Å². The zero-order valence-electron chi connectivity index (χ0n) is 14.9. The van der Waals surface area contributed by atoms with Gasteiger partial charge in [-0.15, -0.1) is 0 Å². The maximum Gasteiger partial charge on any atom is 0.402 e. The van der Waals surface area contributed by atoms with Crippen molar-refractivity contribution in [2.45, 2.75) is 23.9 Å². The fourth-order valence-electron chi connectivity index (χ4n) is 2.36. The van der Waals surface area contributed by atoms with Crippen molar-refractivity contribution in [3.63, 3.8) is 0 Å². The smallest absolute Gasteiger partial charge is 0.402 e. The first-order chi connectivity index (χ1) is 13.1. The molecule has 2 rings (SSSR count). The molecule has 0 saturated carbocycles. The fraction of sp³-hybridized carbons (Fsp3) is 0.278. The van der Waals surface area contributed by atoms with Gasteiger partial charge < -0.3 is 10.1 Å². The number of aryl methyl sites for hydroxylation is 1. The van der Waals surface area contributed by atoms with Gasteiger partial charge in [0.1, 0.15) is 12.3 Å². The van der Waals surface area contributed by atoms with E-state index in [9.17, 15) is 26.4 Å². The van der Waals surface area contributed by atoms with Crippen LogP contribution < -0.4 is 14.8 Å². The van der Waals surface area contributed by atoms with Crippen molar-refractivity contribution in [1.29, 1.82) is 0 Å². The topological polar surface area (TPSA) is 84.5 Å². The molecule has 0 spiro atoms. The molecular weight excluding hydrogens is 397 g/mol. The minimum Gasteiger partial charge on any atom is -0.496 e. The van der Waals surface area contributed by atoms with Crippen molar-refractivity contribution in [3.8, 4) is 5.75 Å². The Morgan fingerprint density at radius 3 is 2.32 bits per heavy atom. The second-order valence-corrected chi connectivity index (χ2v) is 7.59. The number of methoxy groups -OCH3 is 1. The highest BCUT2D eigenvalue weighted by molar-refractivity contribution is 7.89. The molecule has 0 unspecified atom stereocenters. The van der Waals surface area contributed by atoms with Crippen LogP contribution in [0.25, 0.3) is 0 Å². The Labute approximate surface area is 160 Å².